The smallest absolute Gasteiger partial charge is 0.0433 e. The van der Waals surface area contributed by atoms with Crippen molar-refractivity contribution < 1.29 is 5.11 Å². The molecule has 1 aliphatic carbocycles. The maximum Gasteiger partial charge on any atom is 0.0433 e. The van der Waals surface area contributed by atoms with Crippen LogP contribution in [0, 0.1) is 5.92 Å². The van der Waals surface area contributed by atoms with Crippen LogP contribution in [0.5, 0.6) is 0 Å². The van der Waals surface area contributed by atoms with Gasteiger partial charge < -0.3 is 5.11 Å². The van der Waals surface area contributed by atoms with Crippen molar-refractivity contribution in [3.05, 3.63) is 48.0 Å². The van der Waals surface area contributed by atoms with Crippen molar-refractivity contribution in [2.24, 2.45) is 5.92 Å². The third-order valence-corrected chi connectivity index (χ3v) is 3.62. The van der Waals surface area contributed by atoms with Gasteiger partial charge in [-0.15, -0.1) is 0 Å². The normalized spacial score (nSPS) is 23.6. The molecular formula is C15H16O. The zero-order valence-corrected chi connectivity index (χ0v) is 9.26. The zero-order valence-electron chi connectivity index (χ0n) is 9.26. The van der Waals surface area contributed by atoms with Crippen LogP contribution in [-0.2, 0) is 0 Å². The van der Waals surface area contributed by atoms with Crippen molar-refractivity contribution >= 4 is 10.8 Å². The predicted molar refractivity (Wildman–Crippen MR) is 66.5 cm³/mol. The molecule has 1 saturated carbocycles. The van der Waals surface area contributed by atoms with E-state index in [1.807, 2.05) is 0 Å². The fourth-order valence-corrected chi connectivity index (χ4v) is 2.58. The number of benzene rings is 2. The number of aliphatic hydroxyl groups is 1. The Hall–Kier alpha value is -1.34. The first-order chi connectivity index (χ1) is 7.88. The Balaban J connectivity index is 1.89. The maximum absolute atomic E-state index is 8.91. The van der Waals surface area contributed by atoms with E-state index < -0.39 is 0 Å². The van der Waals surface area contributed by atoms with Crippen LogP contribution in [0.25, 0.3) is 10.8 Å². The van der Waals surface area contributed by atoms with Crippen molar-refractivity contribution in [1.29, 1.82) is 0 Å². The molecule has 0 spiro atoms. The average molecular weight is 212 g/mol. The predicted octanol–water partition coefficient (Wildman–Crippen LogP) is 3.33. The molecule has 1 nitrogen and oxygen atoms in total. The summed E-state index contributed by atoms with van der Waals surface area (Å²) in [5.41, 5.74) is 1.44. The lowest BCUT2D eigenvalue weighted by Crippen LogP contribution is -1.88. The molecule has 3 rings (SSSR count). The molecule has 0 bridgehead atoms. The summed E-state index contributed by atoms with van der Waals surface area (Å²) in [5.74, 6) is 1.41. The van der Waals surface area contributed by atoms with Crippen LogP contribution in [0.2, 0.25) is 0 Å². The van der Waals surface area contributed by atoms with Gasteiger partial charge in [-0.25, -0.2) is 0 Å². The molecule has 82 valence electrons. The lowest BCUT2D eigenvalue weighted by molar-refractivity contribution is 0.279. The van der Waals surface area contributed by atoms with E-state index in [0.717, 1.165) is 6.42 Å². The fraction of sp³-hybridized carbons (Fsp3) is 0.333. The molecule has 1 N–H and O–H groups in total. The second-order valence-electron chi connectivity index (χ2n) is 4.72. The Morgan fingerprint density at radius 2 is 1.88 bits per heavy atom. The molecule has 0 amide bonds. The molecule has 0 aliphatic heterocycles. The van der Waals surface area contributed by atoms with Crippen LogP contribution < -0.4 is 0 Å². The SMILES string of the molecule is OCC[C@H]1C[C@H]1c1ccc2ccccc2c1. The minimum atomic E-state index is 0.328. The van der Waals surface area contributed by atoms with Crippen LogP contribution in [0.1, 0.15) is 24.3 Å². The number of hydrogen-bond acceptors (Lipinski definition) is 1. The zero-order chi connectivity index (χ0) is 11.0. The summed E-state index contributed by atoms with van der Waals surface area (Å²) in [5, 5.41) is 11.6. The van der Waals surface area contributed by atoms with E-state index in [2.05, 4.69) is 42.5 Å². The molecule has 16 heavy (non-hydrogen) atoms. The quantitative estimate of drug-likeness (QED) is 0.827. The Bertz CT molecular complexity index is 504. The topological polar surface area (TPSA) is 20.2 Å². The van der Waals surface area contributed by atoms with Crippen molar-refractivity contribution in [3.8, 4) is 0 Å². The number of fused-ring (bicyclic) bond motifs is 1. The lowest BCUT2D eigenvalue weighted by atomic mass is 10.0. The van der Waals surface area contributed by atoms with E-state index in [9.17, 15) is 0 Å². The van der Waals surface area contributed by atoms with Gasteiger partial charge >= 0.3 is 0 Å². The summed E-state index contributed by atoms with van der Waals surface area (Å²) in [7, 11) is 0. The van der Waals surface area contributed by atoms with E-state index in [1.54, 1.807) is 0 Å². The van der Waals surface area contributed by atoms with Gasteiger partial charge in [0.25, 0.3) is 0 Å². The molecule has 1 fully saturated rings. The molecule has 0 aromatic heterocycles. The molecule has 2 aromatic rings. The molecule has 1 heteroatoms. The van der Waals surface area contributed by atoms with Gasteiger partial charge in [-0.3, -0.25) is 0 Å². The fourth-order valence-electron chi connectivity index (χ4n) is 2.58. The first kappa shape index (κ1) is 9.86. The van der Waals surface area contributed by atoms with E-state index in [4.69, 9.17) is 5.11 Å². The van der Waals surface area contributed by atoms with Gasteiger partial charge in [0.2, 0.25) is 0 Å². The van der Waals surface area contributed by atoms with Gasteiger partial charge in [0.1, 0.15) is 0 Å². The summed E-state index contributed by atoms with van der Waals surface area (Å²) < 4.78 is 0. The summed E-state index contributed by atoms with van der Waals surface area (Å²) >= 11 is 0. The lowest BCUT2D eigenvalue weighted by Gasteiger charge is -2.02. The molecule has 2 atom stereocenters. The summed E-state index contributed by atoms with van der Waals surface area (Å²) in [4.78, 5) is 0. The average Bonchev–Trinajstić information content (AvgIpc) is 3.08. The summed E-state index contributed by atoms with van der Waals surface area (Å²) in [6.07, 6.45) is 2.20. The van der Waals surface area contributed by atoms with Gasteiger partial charge in [0, 0.05) is 6.61 Å². The third kappa shape index (κ3) is 1.72. The largest absolute Gasteiger partial charge is 0.396 e. The Morgan fingerprint density at radius 3 is 2.69 bits per heavy atom. The molecule has 2 aromatic carbocycles. The maximum atomic E-state index is 8.91. The van der Waals surface area contributed by atoms with E-state index in [0.29, 0.717) is 18.4 Å². The first-order valence-corrected chi connectivity index (χ1v) is 5.98. The second-order valence-corrected chi connectivity index (χ2v) is 4.72. The highest BCUT2D eigenvalue weighted by atomic mass is 16.3. The molecule has 0 unspecified atom stereocenters. The Kier molecular flexibility index (Phi) is 2.41. The van der Waals surface area contributed by atoms with Gasteiger partial charge in [-0.2, -0.15) is 0 Å². The highest BCUT2D eigenvalue weighted by Crippen LogP contribution is 2.49. The molecular weight excluding hydrogens is 196 g/mol. The van der Waals surface area contributed by atoms with Gasteiger partial charge in [-0.1, -0.05) is 42.5 Å². The van der Waals surface area contributed by atoms with Crippen molar-refractivity contribution in [3.63, 3.8) is 0 Å². The van der Waals surface area contributed by atoms with Gasteiger partial charge in [0.15, 0.2) is 0 Å². The van der Waals surface area contributed by atoms with Gasteiger partial charge in [-0.05, 0) is 41.0 Å². The third-order valence-electron chi connectivity index (χ3n) is 3.62. The van der Waals surface area contributed by atoms with Crippen LogP contribution in [0.15, 0.2) is 42.5 Å². The van der Waals surface area contributed by atoms with Crippen LogP contribution in [0.3, 0.4) is 0 Å². The minimum absolute atomic E-state index is 0.328. The van der Waals surface area contributed by atoms with Crippen LogP contribution in [0.4, 0.5) is 0 Å². The monoisotopic (exact) mass is 212 g/mol. The molecule has 0 heterocycles. The van der Waals surface area contributed by atoms with Crippen molar-refractivity contribution in [1.82, 2.24) is 0 Å². The minimum Gasteiger partial charge on any atom is -0.396 e. The molecule has 0 radical (unpaired) electrons. The summed E-state index contributed by atoms with van der Waals surface area (Å²) in [6, 6.07) is 15.2. The van der Waals surface area contributed by atoms with Crippen LogP contribution >= 0.6 is 0 Å². The van der Waals surface area contributed by atoms with E-state index in [1.165, 1.54) is 22.8 Å². The highest BCUT2D eigenvalue weighted by molar-refractivity contribution is 5.83. The van der Waals surface area contributed by atoms with Gasteiger partial charge in [0.05, 0.1) is 0 Å². The van der Waals surface area contributed by atoms with E-state index >= 15 is 0 Å². The van der Waals surface area contributed by atoms with Crippen molar-refractivity contribution in [2.45, 2.75) is 18.8 Å². The number of aliphatic hydroxyl groups excluding tert-OH is 1. The summed E-state index contributed by atoms with van der Waals surface area (Å²) in [6.45, 7) is 0.328. The van der Waals surface area contributed by atoms with E-state index in [-0.39, 0.29) is 0 Å². The standard InChI is InChI=1S/C15H16O/c16-8-7-14-10-15(14)13-6-5-11-3-1-2-4-12(11)9-13/h1-6,9,14-16H,7-8,10H2/t14-,15-/m0/s1. The molecule has 1 aliphatic rings. The number of rotatable bonds is 3. The Morgan fingerprint density at radius 1 is 1.06 bits per heavy atom. The first-order valence-electron chi connectivity index (χ1n) is 5.98. The number of hydrogen-bond donors (Lipinski definition) is 1. The van der Waals surface area contributed by atoms with Crippen LogP contribution in [-0.4, -0.2) is 11.7 Å². The molecule has 0 saturated heterocycles. The van der Waals surface area contributed by atoms with Crippen molar-refractivity contribution in [2.75, 3.05) is 6.61 Å². The second kappa shape index (κ2) is 3.91. The highest BCUT2D eigenvalue weighted by Gasteiger charge is 2.37. The Labute approximate surface area is 95.7 Å².